The van der Waals surface area contributed by atoms with Crippen LogP contribution in [-0.4, -0.2) is 41.2 Å². The van der Waals surface area contributed by atoms with Crippen LogP contribution in [0.4, 0.5) is 5.69 Å². The summed E-state index contributed by atoms with van der Waals surface area (Å²) in [6.07, 6.45) is 0.0346. The minimum Gasteiger partial charge on any atom is -0.454 e. The van der Waals surface area contributed by atoms with Gasteiger partial charge in [0.15, 0.2) is 6.61 Å². The van der Waals surface area contributed by atoms with E-state index in [1.807, 2.05) is 6.07 Å². The highest BCUT2D eigenvalue weighted by molar-refractivity contribution is 6.35. The molecule has 1 aliphatic heterocycles. The van der Waals surface area contributed by atoms with Crippen LogP contribution in [0, 0.1) is 0 Å². The van der Waals surface area contributed by atoms with E-state index in [0.717, 1.165) is 10.5 Å². The van der Waals surface area contributed by atoms with E-state index in [1.54, 1.807) is 42.5 Å². The van der Waals surface area contributed by atoms with Crippen LogP contribution in [0.2, 0.25) is 10.0 Å². The highest BCUT2D eigenvalue weighted by Gasteiger charge is 2.43. The molecule has 1 N–H and O–H groups in total. The quantitative estimate of drug-likeness (QED) is 0.386. The minimum atomic E-state index is -1.25. The van der Waals surface area contributed by atoms with Crippen LogP contribution < -0.4 is 5.32 Å². The van der Waals surface area contributed by atoms with Crippen LogP contribution in [-0.2, 0) is 20.7 Å². The second-order valence-electron chi connectivity index (χ2n) is 7.51. The monoisotopic (exact) mass is 496 g/mol. The van der Waals surface area contributed by atoms with Gasteiger partial charge in [0.1, 0.15) is 6.04 Å². The van der Waals surface area contributed by atoms with Crippen LogP contribution in [0.3, 0.4) is 0 Å². The van der Waals surface area contributed by atoms with Crippen molar-refractivity contribution in [1.29, 1.82) is 0 Å². The summed E-state index contributed by atoms with van der Waals surface area (Å²) in [6.45, 7) is -0.643. The van der Waals surface area contributed by atoms with Crippen LogP contribution in [0.5, 0.6) is 0 Å². The first-order valence-electron chi connectivity index (χ1n) is 10.3. The zero-order chi connectivity index (χ0) is 24.2. The number of halogens is 2. The molecule has 3 aromatic rings. The fourth-order valence-corrected chi connectivity index (χ4v) is 3.96. The molecular weight excluding hydrogens is 479 g/mol. The normalized spacial score (nSPS) is 13.4. The largest absolute Gasteiger partial charge is 0.454 e. The molecule has 0 saturated carbocycles. The molecule has 0 aromatic heterocycles. The number of rotatable bonds is 7. The average Bonchev–Trinajstić information content (AvgIpc) is 3.09. The number of nitrogens with zero attached hydrogens (tertiary/aromatic N) is 1. The number of esters is 1. The molecule has 0 spiro atoms. The molecule has 172 valence electrons. The number of amides is 3. The fraction of sp³-hybridized carbons (Fsp3) is 0.120. The number of nitrogens with one attached hydrogen (secondary N) is 1. The molecule has 1 atom stereocenters. The first-order valence-corrected chi connectivity index (χ1v) is 11.0. The van der Waals surface area contributed by atoms with Gasteiger partial charge in [-0.15, -0.1) is 0 Å². The molecule has 0 aliphatic carbocycles. The van der Waals surface area contributed by atoms with E-state index in [4.69, 9.17) is 27.9 Å². The summed E-state index contributed by atoms with van der Waals surface area (Å²) in [4.78, 5) is 52.3. The van der Waals surface area contributed by atoms with Gasteiger partial charge >= 0.3 is 5.97 Å². The molecule has 0 radical (unpaired) electrons. The summed E-state index contributed by atoms with van der Waals surface area (Å²) in [5.74, 6) is -2.72. The number of fused-ring (bicyclic) bond motifs is 1. The topological polar surface area (TPSA) is 92.8 Å². The summed E-state index contributed by atoms with van der Waals surface area (Å²) in [5.41, 5.74) is 1.41. The summed E-state index contributed by atoms with van der Waals surface area (Å²) in [5, 5.41) is 3.14. The maximum absolute atomic E-state index is 13.1. The summed E-state index contributed by atoms with van der Waals surface area (Å²) >= 11 is 12.0. The van der Waals surface area contributed by atoms with Gasteiger partial charge in [-0.2, -0.15) is 0 Å². The molecule has 0 fully saturated rings. The molecule has 7 nitrogen and oxygen atoms in total. The second-order valence-corrected chi connectivity index (χ2v) is 8.36. The molecule has 34 heavy (non-hydrogen) atoms. The van der Waals surface area contributed by atoms with Crippen molar-refractivity contribution in [2.75, 3.05) is 11.9 Å². The number of imide groups is 1. The van der Waals surface area contributed by atoms with E-state index >= 15 is 0 Å². The molecule has 1 aliphatic rings. The maximum Gasteiger partial charge on any atom is 0.330 e. The van der Waals surface area contributed by atoms with Crippen molar-refractivity contribution in [3.63, 3.8) is 0 Å². The zero-order valence-corrected chi connectivity index (χ0v) is 19.2. The fourth-order valence-electron chi connectivity index (χ4n) is 3.62. The van der Waals surface area contributed by atoms with Crippen molar-refractivity contribution in [1.82, 2.24) is 4.90 Å². The molecular formula is C25H18Cl2N2O5. The molecule has 0 bridgehead atoms. The number of carbonyl (C=O) groups is 4. The van der Waals surface area contributed by atoms with E-state index in [9.17, 15) is 19.2 Å². The Morgan fingerprint density at radius 3 is 2.15 bits per heavy atom. The van der Waals surface area contributed by atoms with Crippen molar-refractivity contribution in [3.8, 4) is 0 Å². The maximum atomic E-state index is 13.1. The summed E-state index contributed by atoms with van der Waals surface area (Å²) in [6, 6.07) is 18.5. The number of ether oxygens (including phenoxy) is 1. The van der Waals surface area contributed by atoms with Crippen molar-refractivity contribution in [2.24, 2.45) is 0 Å². The van der Waals surface area contributed by atoms with Crippen molar-refractivity contribution >= 4 is 52.6 Å². The molecule has 0 saturated heterocycles. The third-order valence-corrected chi connectivity index (χ3v) is 5.79. The van der Waals surface area contributed by atoms with E-state index in [1.165, 1.54) is 24.3 Å². The standard InChI is InChI=1S/C25H18Cl2N2O5/c26-16-10-11-19(27)20(13-16)28-22(30)14-34-25(33)21(12-15-6-2-1-3-7-15)29-23(31)17-8-4-5-9-18(17)24(29)32/h1-11,13,21H,12,14H2,(H,28,30)/t21-/m1/s1. The summed E-state index contributed by atoms with van der Waals surface area (Å²) in [7, 11) is 0. The Hall–Kier alpha value is -3.68. The first-order chi connectivity index (χ1) is 16.3. The number of hydrogen-bond acceptors (Lipinski definition) is 5. The lowest BCUT2D eigenvalue weighted by atomic mass is 10.0. The van der Waals surface area contributed by atoms with Gasteiger partial charge in [-0.1, -0.05) is 65.7 Å². The van der Waals surface area contributed by atoms with E-state index in [-0.39, 0.29) is 28.3 Å². The zero-order valence-electron chi connectivity index (χ0n) is 17.7. The minimum absolute atomic E-state index is 0.0346. The van der Waals surface area contributed by atoms with Gasteiger partial charge in [-0.25, -0.2) is 4.79 Å². The van der Waals surface area contributed by atoms with Gasteiger partial charge in [0.2, 0.25) is 0 Å². The molecule has 4 rings (SSSR count). The Kier molecular flexibility index (Phi) is 6.95. The van der Waals surface area contributed by atoms with Crippen molar-refractivity contribution in [2.45, 2.75) is 12.5 Å². The Morgan fingerprint density at radius 1 is 0.882 bits per heavy atom. The number of benzene rings is 3. The molecule has 0 unspecified atom stereocenters. The number of anilines is 1. The smallest absolute Gasteiger partial charge is 0.330 e. The Labute approximate surface area is 205 Å². The summed E-state index contributed by atoms with van der Waals surface area (Å²) < 4.78 is 5.22. The van der Waals surface area contributed by atoms with E-state index in [2.05, 4.69) is 5.32 Å². The lowest BCUT2D eigenvalue weighted by Gasteiger charge is -2.24. The Balaban J connectivity index is 1.52. The lowest BCUT2D eigenvalue weighted by molar-refractivity contribution is -0.151. The molecule has 3 amide bonds. The number of hydrogen-bond donors (Lipinski definition) is 1. The molecule has 1 heterocycles. The third-order valence-electron chi connectivity index (χ3n) is 5.23. The molecule has 9 heteroatoms. The van der Waals surface area contributed by atoms with Gasteiger partial charge in [0.05, 0.1) is 21.8 Å². The van der Waals surface area contributed by atoms with E-state index < -0.39 is 36.3 Å². The van der Waals surface area contributed by atoms with E-state index in [0.29, 0.717) is 5.02 Å². The van der Waals surface area contributed by atoms with Crippen LogP contribution >= 0.6 is 23.2 Å². The Bertz CT molecular complexity index is 1240. The van der Waals surface area contributed by atoms with Gasteiger partial charge in [0, 0.05) is 11.4 Å². The van der Waals surface area contributed by atoms with Crippen LogP contribution in [0.25, 0.3) is 0 Å². The van der Waals surface area contributed by atoms with Crippen molar-refractivity contribution in [3.05, 3.63) is 99.5 Å². The first kappa shape index (κ1) is 23.5. The second kappa shape index (κ2) is 10.1. The van der Waals surface area contributed by atoms with Gasteiger partial charge < -0.3 is 10.1 Å². The number of carbonyl (C=O) groups excluding carboxylic acids is 4. The third kappa shape index (κ3) is 4.95. The predicted molar refractivity (Wildman–Crippen MR) is 127 cm³/mol. The Morgan fingerprint density at radius 2 is 1.50 bits per heavy atom. The lowest BCUT2D eigenvalue weighted by Crippen LogP contribution is -2.47. The van der Waals surface area contributed by atoms with Gasteiger partial charge in [-0.05, 0) is 35.9 Å². The predicted octanol–water partition coefficient (Wildman–Crippen LogP) is 4.38. The highest BCUT2D eigenvalue weighted by Crippen LogP contribution is 2.27. The highest BCUT2D eigenvalue weighted by atomic mass is 35.5. The average molecular weight is 497 g/mol. The van der Waals surface area contributed by atoms with Crippen LogP contribution in [0.15, 0.2) is 72.8 Å². The van der Waals surface area contributed by atoms with Gasteiger partial charge in [-0.3, -0.25) is 19.3 Å². The van der Waals surface area contributed by atoms with Crippen molar-refractivity contribution < 1.29 is 23.9 Å². The molecule has 3 aromatic carbocycles. The van der Waals surface area contributed by atoms with Gasteiger partial charge in [0.25, 0.3) is 17.7 Å². The van der Waals surface area contributed by atoms with Crippen LogP contribution in [0.1, 0.15) is 26.3 Å². The SMILES string of the molecule is O=C(COC(=O)[C@@H](Cc1ccccc1)N1C(=O)c2ccccc2C1=O)Nc1cc(Cl)ccc1Cl.